The summed E-state index contributed by atoms with van der Waals surface area (Å²) < 4.78 is 5.78. The molecule has 0 bridgehead atoms. The van der Waals surface area contributed by atoms with Crippen LogP contribution in [0, 0.1) is 6.92 Å². The molecule has 1 aliphatic rings. The van der Waals surface area contributed by atoms with Gasteiger partial charge in [-0.2, -0.15) is 0 Å². The molecule has 0 aliphatic heterocycles. The molecule has 0 fully saturated rings. The summed E-state index contributed by atoms with van der Waals surface area (Å²) in [5.41, 5.74) is 4.56. The van der Waals surface area contributed by atoms with E-state index in [2.05, 4.69) is 33.7 Å². The first-order valence-electron chi connectivity index (χ1n) is 9.56. The van der Waals surface area contributed by atoms with E-state index in [-0.39, 0.29) is 17.2 Å². The molecular weight excluding hydrogens is 370 g/mol. The molecule has 0 unspecified atom stereocenters. The second-order valence-corrected chi connectivity index (χ2v) is 8.39. The molecule has 4 rings (SSSR count). The molecule has 1 heterocycles. The van der Waals surface area contributed by atoms with E-state index in [4.69, 9.17) is 4.42 Å². The third-order valence-corrected chi connectivity index (χ3v) is 6.05. The fourth-order valence-corrected chi connectivity index (χ4v) is 4.27. The summed E-state index contributed by atoms with van der Waals surface area (Å²) in [4.78, 5) is 12.7. The lowest BCUT2D eigenvalue weighted by atomic mass is 9.88. The number of carbonyl (C=O) groups excluding carboxylic acids is 1. The molecule has 1 N–H and O–H groups in total. The highest BCUT2D eigenvalue weighted by molar-refractivity contribution is 8.00. The zero-order chi connectivity index (χ0) is 19.5. The van der Waals surface area contributed by atoms with Crippen LogP contribution in [0.2, 0.25) is 0 Å². The van der Waals surface area contributed by atoms with Crippen molar-refractivity contribution in [2.24, 2.45) is 0 Å². The van der Waals surface area contributed by atoms with Crippen LogP contribution in [0.15, 0.2) is 58.2 Å². The highest BCUT2D eigenvalue weighted by atomic mass is 32.2. The summed E-state index contributed by atoms with van der Waals surface area (Å²) in [6.07, 6.45) is 3.14. The minimum absolute atomic E-state index is 0.0117. The molecule has 1 aliphatic carbocycles. The number of nitrogens with one attached hydrogen (secondary N) is 1. The molecule has 0 saturated heterocycles. The van der Waals surface area contributed by atoms with Gasteiger partial charge in [-0.25, -0.2) is 0 Å². The third-order valence-electron chi connectivity index (χ3n) is 5.11. The standard InChI is InChI=1S/C22H23N3O2S/c1-14-8-3-5-11-17(14)21-24-25-22(27-21)28-15(2)20(26)23-19-13-7-10-16-9-4-6-12-18(16)19/h3-6,8-9,11-12,15,19H,7,10,13H2,1-2H3,(H,23,26)/t15-,19+/m0/s1. The lowest BCUT2D eigenvalue weighted by Gasteiger charge is -2.27. The molecule has 144 valence electrons. The molecular formula is C22H23N3O2S. The van der Waals surface area contributed by atoms with Crippen LogP contribution in [-0.2, 0) is 11.2 Å². The van der Waals surface area contributed by atoms with Gasteiger partial charge in [-0.1, -0.05) is 54.2 Å². The number of rotatable bonds is 5. The van der Waals surface area contributed by atoms with Crippen LogP contribution in [0.1, 0.15) is 42.5 Å². The minimum atomic E-state index is -0.320. The number of thioether (sulfide) groups is 1. The number of amides is 1. The summed E-state index contributed by atoms with van der Waals surface area (Å²) >= 11 is 1.29. The second-order valence-electron chi connectivity index (χ2n) is 7.10. The molecule has 0 spiro atoms. The Morgan fingerprint density at radius 1 is 1.18 bits per heavy atom. The summed E-state index contributed by atoms with van der Waals surface area (Å²) in [7, 11) is 0. The first kappa shape index (κ1) is 18.7. The Hall–Kier alpha value is -2.60. The molecule has 0 radical (unpaired) electrons. The van der Waals surface area contributed by atoms with E-state index < -0.39 is 0 Å². The summed E-state index contributed by atoms with van der Waals surface area (Å²) in [6, 6.07) is 16.3. The van der Waals surface area contributed by atoms with Crippen LogP contribution < -0.4 is 5.32 Å². The number of benzene rings is 2. The van der Waals surface area contributed by atoms with Crippen LogP contribution in [0.4, 0.5) is 0 Å². The van der Waals surface area contributed by atoms with Crippen molar-refractivity contribution in [3.05, 3.63) is 65.2 Å². The average Bonchev–Trinajstić information content (AvgIpc) is 3.16. The van der Waals surface area contributed by atoms with Crippen molar-refractivity contribution in [3.63, 3.8) is 0 Å². The second kappa shape index (κ2) is 8.19. The van der Waals surface area contributed by atoms with E-state index in [1.54, 1.807) is 0 Å². The number of nitrogens with zero attached hydrogens (tertiary/aromatic N) is 2. The van der Waals surface area contributed by atoms with Crippen LogP contribution in [0.3, 0.4) is 0 Å². The quantitative estimate of drug-likeness (QED) is 0.635. The summed E-state index contributed by atoms with van der Waals surface area (Å²) in [5.74, 6) is 0.469. The monoisotopic (exact) mass is 393 g/mol. The van der Waals surface area contributed by atoms with Gasteiger partial charge in [0.2, 0.25) is 11.8 Å². The van der Waals surface area contributed by atoms with Crippen LogP contribution in [0.5, 0.6) is 0 Å². The van der Waals surface area contributed by atoms with Gasteiger partial charge in [-0.3, -0.25) is 4.79 Å². The van der Waals surface area contributed by atoms with Crippen molar-refractivity contribution in [2.45, 2.75) is 49.6 Å². The van der Waals surface area contributed by atoms with Gasteiger partial charge in [-0.05, 0) is 55.9 Å². The molecule has 2 atom stereocenters. The highest BCUT2D eigenvalue weighted by Crippen LogP contribution is 2.31. The largest absolute Gasteiger partial charge is 0.411 e. The Kier molecular flexibility index (Phi) is 5.48. The Morgan fingerprint density at radius 2 is 1.96 bits per heavy atom. The Balaban J connectivity index is 1.41. The van der Waals surface area contributed by atoms with Crippen LogP contribution >= 0.6 is 11.8 Å². The van der Waals surface area contributed by atoms with E-state index in [0.29, 0.717) is 11.1 Å². The SMILES string of the molecule is Cc1ccccc1-c1nnc(S[C@@H](C)C(=O)N[C@@H]2CCCc3ccccc32)o1. The predicted molar refractivity (Wildman–Crippen MR) is 110 cm³/mol. The Labute approximate surface area is 168 Å². The van der Waals surface area contributed by atoms with E-state index in [9.17, 15) is 4.79 Å². The molecule has 2 aromatic carbocycles. The van der Waals surface area contributed by atoms with Gasteiger partial charge in [0, 0.05) is 5.56 Å². The lowest BCUT2D eigenvalue weighted by molar-refractivity contribution is -0.121. The number of aromatic nitrogens is 2. The van der Waals surface area contributed by atoms with Gasteiger partial charge in [0.15, 0.2) is 0 Å². The van der Waals surface area contributed by atoms with Crippen molar-refractivity contribution >= 4 is 17.7 Å². The number of fused-ring (bicyclic) bond motifs is 1. The fraction of sp³-hybridized carbons (Fsp3) is 0.318. The average molecular weight is 394 g/mol. The topological polar surface area (TPSA) is 68.0 Å². The first-order valence-corrected chi connectivity index (χ1v) is 10.4. The zero-order valence-electron chi connectivity index (χ0n) is 16.0. The van der Waals surface area contributed by atoms with E-state index in [1.807, 2.05) is 44.2 Å². The maximum Gasteiger partial charge on any atom is 0.277 e. The van der Waals surface area contributed by atoms with Crippen LogP contribution in [0.25, 0.3) is 11.5 Å². The van der Waals surface area contributed by atoms with Crippen LogP contribution in [-0.4, -0.2) is 21.4 Å². The van der Waals surface area contributed by atoms with Crippen molar-refractivity contribution in [3.8, 4) is 11.5 Å². The number of hydrogen-bond acceptors (Lipinski definition) is 5. The molecule has 5 nitrogen and oxygen atoms in total. The van der Waals surface area contributed by atoms with Gasteiger partial charge in [-0.15, -0.1) is 10.2 Å². The van der Waals surface area contributed by atoms with E-state index in [1.165, 1.54) is 22.9 Å². The smallest absolute Gasteiger partial charge is 0.277 e. The highest BCUT2D eigenvalue weighted by Gasteiger charge is 2.25. The van der Waals surface area contributed by atoms with Gasteiger partial charge < -0.3 is 9.73 Å². The van der Waals surface area contributed by atoms with Gasteiger partial charge in [0.1, 0.15) is 0 Å². The predicted octanol–water partition coefficient (Wildman–Crippen LogP) is 4.72. The Bertz CT molecular complexity index is 985. The first-order chi connectivity index (χ1) is 13.6. The molecule has 1 aromatic heterocycles. The van der Waals surface area contributed by atoms with E-state index in [0.717, 1.165) is 30.4 Å². The molecule has 0 saturated carbocycles. The summed E-state index contributed by atoms with van der Waals surface area (Å²) in [6.45, 7) is 3.87. The van der Waals surface area contributed by atoms with Gasteiger partial charge in [0.05, 0.1) is 11.3 Å². The number of aryl methyl sites for hydroxylation is 2. The number of carbonyl (C=O) groups is 1. The van der Waals surface area contributed by atoms with Gasteiger partial charge in [0.25, 0.3) is 5.22 Å². The van der Waals surface area contributed by atoms with Crippen molar-refractivity contribution in [1.29, 1.82) is 0 Å². The van der Waals surface area contributed by atoms with E-state index >= 15 is 0 Å². The van der Waals surface area contributed by atoms with Crippen molar-refractivity contribution < 1.29 is 9.21 Å². The normalized spacial score (nSPS) is 17.0. The maximum absolute atomic E-state index is 12.7. The molecule has 1 amide bonds. The zero-order valence-corrected chi connectivity index (χ0v) is 16.8. The van der Waals surface area contributed by atoms with Crippen molar-refractivity contribution in [1.82, 2.24) is 15.5 Å². The number of hydrogen-bond donors (Lipinski definition) is 1. The summed E-state index contributed by atoms with van der Waals surface area (Å²) in [5, 5.41) is 11.5. The maximum atomic E-state index is 12.7. The van der Waals surface area contributed by atoms with Crippen molar-refractivity contribution in [2.75, 3.05) is 0 Å². The Morgan fingerprint density at radius 3 is 2.82 bits per heavy atom. The van der Waals surface area contributed by atoms with Gasteiger partial charge >= 0.3 is 0 Å². The third kappa shape index (κ3) is 3.97. The molecule has 6 heteroatoms. The molecule has 3 aromatic rings. The lowest BCUT2D eigenvalue weighted by Crippen LogP contribution is -2.35. The minimum Gasteiger partial charge on any atom is -0.411 e. The fourth-order valence-electron chi connectivity index (χ4n) is 3.58. The molecule has 28 heavy (non-hydrogen) atoms.